The molecule has 0 radical (unpaired) electrons. The van der Waals surface area contributed by atoms with E-state index in [1.54, 1.807) is 16.9 Å². The average Bonchev–Trinajstić information content (AvgIpc) is 3.37. The third-order valence-electron chi connectivity index (χ3n) is 5.57. The van der Waals surface area contributed by atoms with Gasteiger partial charge in [-0.05, 0) is 79.6 Å². The average molecular weight is 393 g/mol. The fourth-order valence-electron chi connectivity index (χ4n) is 3.84. The maximum atomic E-state index is 14.5. The van der Waals surface area contributed by atoms with Crippen LogP contribution in [0.4, 0.5) is 4.39 Å². The Morgan fingerprint density at radius 3 is 2.72 bits per heavy atom. The number of carbonyl (C=O) groups is 1. The van der Waals surface area contributed by atoms with E-state index in [0.717, 1.165) is 35.2 Å². The summed E-state index contributed by atoms with van der Waals surface area (Å²) in [6, 6.07) is 12.6. The fourth-order valence-corrected chi connectivity index (χ4v) is 3.84. The highest BCUT2D eigenvalue weighted by Crippen LogP contribution is 2.22. The van der Waals surface area contributed by atoms with Crippen LogP contribution in [0.2, 0.25) is 0 Å². The van der Waals surface area contributed by atoms with Gasteiger partial charge in [-0.2, -0.15) is 5.10 Å². The monoisotopic (exact) mass is 393 g/mol. The Balaban J connectivity index is 1.53. The number of hydrogen-bond donors (Lipinski definition) is 2. The molecule has 6 heteroatoms. The van der Waals surface area contributed by atoms with Gasteiger partial charge in [0.05, 0.1) is 23.4 Å². The number of aromatic nitrogens is 2. The summed E-state index contributed by atoms with van der Waals surface area (Å²) in [5.74, 6) is -1.01. The third kappa shape index (κ3) is 4.22. The summed E-state index contributed by atoms with van der Waals surface area (Å²) < 4.78 is 16.3. The van der Waals surface area contributed by atoms with Crippen molar-refractivity contribution < 1.29 is 14.3 Å². The quantitative estimate of drug-likeness (QED) is 0.697. The Morgan fingerprint density at radius 1 is 1.28 bits per heavy atom. The van der Waals surface area contributed by atoms with Crippen molar-refractivity contribution in [3.8, 4) is 5.69 Å². The minimum atomic E-state index is -0.555. The van der Waals surface area contributed by atoms with Gasteiger partial charge in [0.25, 0.3) is 5.91 Å². The van der Waals surface area contributed by atoms with E-state index in [1.807, 2.05) is 43.5 Å². The standard InChI is InChI=1S/C23H24FN3O2/c1-15-12-20(24)19(23(29)26-21-4-2-5-22(21)28)14-17(15)13-16-6-8-18(9-7-16)27-11-3-10-25-27/h3,6-12,14,21-22,28H,2,4-5,13H2,1H3,(H,26,29)/t21-,22-/m0/s1. The molecule has 1 saturated carbocycles. The van der Waals surface area contributed by atoms with Crippen LogP contribution in [0.25, 0.3) is 5.69 Å². The smallest absolute Gasteiger partial charge is 0.254 e. The highest BCUT2D eigenvalue weighted by molar-refractivity contribution is 5.95. The molecule has 0 spiro atoms. The molecule has 0 saturated heterocycles. The zero-order chi connectivity index (χ0) is 20.4. The molecule has 2 N–H and O–H groups in total. The zero-order valence-electron chi connectivity index (χ0n) is 16.3. The van der Waals surface area contributed by atoms with Gasteiger partial charge in [-0.15, -0.1) is 0 Å². The van der Waals surface area contributed by atoms with E-state index in [4.69, 9.17) is 0 Å². The lowest BCUT2D eigenvalue weighted by atomic mass is 9.97. The predicted octanol–water partition coefficient (Wildman–Crippen LogP) is 3.55. The Morgan fingerprint density at radius 2 is 2.07 bits per heavy atom. The number of nitrogens with one attached hydrogen (secondary N) is 1. The SMILES string of the molecule is Cc1cc(F)c(C(=O)N[C@H]2CCC[C@@H]2O)cc1Cc1ccc(-n2cccn2)cc1. The molecule has 0 unspecified atom stereocenters. The molecular formula is C23H24FN3O2. The minimum Gasteiger partial charge on any atom is -0.391 e. The number of carbonyl (C=O) groups excluding carboxylic acids is 1. The van der Waals surface area contributed by atoms with Crippen LogP contribution in [0, 0.1) is 12.7 Å². The second-order valence-corrected chi connectivity index (χ2v) is 7.63. The van der Waals surface area contributed by atoms with E-state index in [1.165, 1.54) is 6.07 Å². The van der Waals surface area contributed by atoms with Gasteiger partial charge in [-0.1, -0.05) is 12.1 Å². The maximum Gasteiger partial charge on any atom is 0.254 e. The summed E-state index contributed by atoms with van der Waals surface area (Å²) in [6.45, 7) is 1.85. The van der Waals surface area contributed by atoms with Crippen molar-refractivity contribution in [2.75, 3.05) is 0 Å². The summed E-state index contributed by atoms with van der Waals surface area (Å²) in [7, 11) is 0. The number of nitrogens with zero attached hydrogens (tertiary/aromatic N) is 2. The number of aliphatic hydroxyl groups excluding tert-OH is 1. The second kappa shape index (κ2) is 8.17. The summed E-state index contributed by atoms with van der Waals surface area (Å²) in [5.41, 5.74) is 3.75. The van der Waals surface area contributed by atoms with Gasteiger partial charge in [-0.3, -0.25) is 4.79 Å². The number of amides is 1. The summed E-state index contributed by atoms with van der Waals surface area (Å²) in [5, 5.41) is 16.9. The molecule has 5 nitrogen and oxygen atoms in total. The summed E-state index contributed by atoms with van der Waals surface area (Å²) in [4.78, 5) is 12.6. The highest BCUT2D eigenvalue weighted by atomic mass is 19.1. The van der Waals surface area contributed by atoms with Gasteiger partial charge in [0, 0.05) is 12.4 Å². The fraction of sp³-hybridized carbons (Fsp3) is 0.304. The van der Waals surface area contributed by atoms with Crippen molar-refractivity contribution in [1.82, 2.24) is 15.1 Å². The van der Waals surface area contributed by atoms with E-state index in [9.17, 15) is 14.3 Å². The van der Waals surface area contributed by atoms with Gasteiger partial charge in [0.15, 0.2) is 0 Å². The van der Waals surface area contributed by atoms with Gasteiger partial charge >= 0.3 is 0 Å². The van der Waals surface area contributed by atoms with E-state index in [2.05, 4.69) is 10.4 Å². The minimum absolute atomic E-state index is 0.0258. The van der Waals surface area contributed by atoms with Gasteiger partial charge < -0.3 is 10.4 Å². The van der Waals surface area contributed by atoms with Gasteiger partial charge in [0.2, 0.25) is 0 Å². The van der Waals surface area contributed by atoms with Crippen molar-refractivity contribution in [3.63, 3.8) is 0 Å². The number of rotatable bonds is 5. The third-order valence-corrected chi connectivity index (χ3v) is 5.57. The van der Waals surface area contributed by atoms with E-state index >= 15 is 0 Å². The van der Waals surface area contributed by atoms with Crippen molar-refractivity contribution in [2.24, 2.45) is 0 Å². The van der Waals surface area contributed by atoms with Crippen LogP contribution in [-0.2, 0) is 6.42 Å². The Bertz CT molecular complexity index is 1000. The molecule has 0 bridgehead atoms. The first-order valence-electron chi connectivity index (χ1n) is 9.88. The number of halogens is 1. The Kier molecular flexibility index (Phi) is 5.45. The van der Waals surface area contributed by atoms with Crippen LogP contribution >= 0.6 is 0 Å². The molecule has 150 valence electrons. The van der Waals surface area contributed by atoms with Crippen molar-refractivity contribution in [1.29, 1.82) is 0 Å². The molecule has 1 aliphatic rings. The number of benzene rings is 2. The van der Waals surface area contributed by atoms with Crippen molar-refractivity contribution in [2.45, 2.75) is 44.8 Å². The van der Waals surface area contributed by atoms with Crippen LogP contribution in [-0.4, -0.2) is 32.9 Å². The lowest BCUT2D eigenvalue weighted by Gasteiger charge is -2.17. The highest BCUT2D eigenvalue weighted by Gasteiger charge is 2.27. The number of aryl methyl sites for hydroxylation is 1. The lowest BCUT2D eigenvalue weighted by molar-refractivity contribution is 0.0869. The molecular weight excluding hydrogens is 369 g/mol. The summed E-state index contributed by atoms with van der Waals surface area (Å²) in [6.07, 6.45) is 5.90. The molecule has 3 aromatic rings. The Labute approximate surface area is 169 Å². The molecule has 29 heavy (non-hydrogen) atoms. The van der Waals surface area contributed by atoms with E-state index in [-0.39, 0.29) is 11.6 Å². The molecule has 1 aliphatic carbocycles. The van der Waals surface area contributed by atoms with Crippen molar-refractivity contribution in [3.05, 3.63) is 82.9 Å². The first-order chi connectivity index (χ1) is 14.0. The topological polar surface area (TPSA) is 67.2 Å². The van der Waals surface area contributed by atoms with Crippen LogP contribution in [0.3, 0.4) is 0 Å². The molecule has 1 fully saturated rings. The summed E-state index contributed by atoms with van der Waals surface area (Å²) >= 11 is 0. The number of aliphatic hydroxyl groups is 1. The first-order valence-corrected chi connectivity index (χ1v) is 9.88. The van der Waals surface area contributed by atoms with Gasteiger partial charge in [-0.25, -0.2) is 9.07 Å². The molecule has 2 aromatic carbocycles. The zero-order valence-corrected chi connectivity index (χ0v) is 16.3. The van der Waals surface area contributed by atoms with E-state index < -0.39 is 17.8 Å². The van der Waals surface area contributed by atoms with Crippen LogP contribution in [0.1, 0.15) is 46.3 Å². The number of hydrogen-bond acceptors (Lipinski definition) is 3. The van der Waals surface area contributed by atoms with Crippen LogP contribution in [0.5, 0.6) is 0 Å². The second-order valence-electron chi connectivity index (χ2n) is 7.63. The molecule has 2 atom stereocenters. The molecule has 4 rings (SSSR count). The van der Waals surface area contributed by atoms with Crippen molar-refractivity contribution >= 4 is 5.91 Å². The molecule has 1 heterocycles. The molecule has 0 aliphatic heterocycles. The predicted molar refractivity (Wildman–Crippen MR) is 109 cm³/mol. The largest absolute Gasteiger partial charge is 0.391 e. The maximum absolute atomic E-state index is 14.5. The lowest BCUT2D eigenvalue weighted by Crippen LogP contribution is -2.40. The van der Waals surface area contributed by atoms with Gasteiger partial charge in [0.1, 0.15) is 5.82 Å². The van der Waals surface area contributed by atoms with Crippen LogP contribution in [0.15, 0.2) is 54.9 Å². The molecule has 1 amide bonds. The van der Waals surface area contributed by atoms with Crippen LogP contribution < -0.4 is 5.32 Å². The first kappa shape index (κ1) is 19.3. The molecule has 1 aromatic heterocycles. The van der Waals surface area contributed by atoms with E-state index in [0.29, 0.717) is 12.8 Å². The normalized spacial score (nSPS) is 18.7. The Hall–Kier alpha value is -2.99.